The molecule has 0 saturated heterocycles. The SMILES string of the molecule is COc1ccc(Cn2c(-c3cc(C)c(C)cc3C)csc2=Nc2ccc(F)cc2)cc1. The van der Waals surface area contributed by atoms with Crippen LogP contribution in [0, 0.1) is 26.6 Å². The second-order valence-corrected chi connectivity index (χ2v) is 8.51. The van der Waals surface area contributed by atoms with Crippen molar-refractivity contribution in [2.24, 2.45) is 4.99 Å². The molecule has 0 amide bonds. The lowest BCUT2D eigenvalue weighted by Crippen LogP contribution is -2.17. The predicted octanol–water partition coefficient (Wildman–Crippen LogP) is 6.57. The van der Waals surface area contributed by atoms with Gasteiger partial charge in [0.05, 0.1) is 25.0 Å². The van der Waals surface area contributed by atoms with Crippen LogP contribution in [0.3, 0.4) is 0 Å². The molecule has 1 aromatic heterocycles. The first-order chi connectivity index (χ1) is 14.9. The molecule has 3 nitrogen and oxygen atoms in total. The van der Waals surface area contributed by atoms with Gasteiger partial charge >= 0.3 is 0 Å². The summed E-state index contributed by atoms with van der Waals surface area (Å²) < 4.78 is 20.9. The third-order valence-electron chi connectivity index (χ3n) is 5.47. The second kappa shape index (κ2) is 8.90. The molecule has 5 heteroatoms. The molecule has 0 spiro atoms. The number of aromatic nitrogens is 1. The molecule has 158 valence electrons. The lowest BCUT2D eigenvalue weighted by molar-refractivity contribution is 0.414. The smallest absolute Gasteiger partial charge is 0.190 e. The van der Waals surface area contributed by atoms with E-state index in [1.807, 2.05) is 12.1 Å². The molecule has 0 bridgehead atoms. The zero-order chi connectivity index (χ0) is 22.0. The van der Waals surface area contributed by atoms with Gasteiger partial charge in [0.15, 0.2) is 4.80 Å². The van der Waals surface area contributed by atoms with E-state index in [0.717, 1.165) is 27.5 Å². The molecule has 0 fully saturated rings. The number of hydrogen-bond acceptors (Lipinski definition) is 3. The standard InChI is InChI=1S/C26H25FN2OS/c1-17-13-19(3)24(14-18(17)2)25-16-31-26(28-22-9-7-21(27)8-10-22)29(25)15-20-5-11-23(30-4)12-6-20/h5-14,16H,15H2,1-4H3. The molecule has 0 radical (unpaired) electrons. The summed E-state index contributed by atoms with van der Waals surface area (Å²) in [5, 5.41) is 2.16. The predicted molar refractivity (Wildman–Crippen MR) is 126 cm³/mol. The Bertz CT molecular complexity index is 1270. The fourth-order valence-electron chi connectivity index (χ4n) is 3.56. The Morgan fingerprint density at radius 2 is 1.58 bits per heavy atom. The quantitative estimate of drug-likeness (QED) is 0.350. The van der Waals surface area contributed by atoms with Crippen LogP contribution in [0.5, 0.6) is 5.75 Å². The van der Waals surface area contributed by atoms with Crippen LogP contribution < -0.4 is 9.54 Å². The van der Waals surface area contributed by atoms with Crippen LogP contribution in [0.1, 0.15) is 22.3 Å². The molecule has 4 aromatic rings. The zero-order valence-corrected chi connectivity index (χ0v) is 19.0. The van der Waals surface area contributed by atoms with Crippen LogP contribution >= 0.6 is 11.3 Å². The van der Waals surface area contributed by atoms with Gasteiger partial charge in [0.2, 0.25) is 0 Å². The molecule has 0 atom stereocenters. The molecule has 4 rings (SSSR count). The molecule has 0 saturated carbocycles. The first-order valence-corrected chi connectivity index (χ1v) is 11.0. The van der Waals surface area contributed by atoms with Crippen molar-refractivity contribution >= 4 is 17.0 Å². The van der Waals surface area contributed by atoms with Crippen molar-refractivity contribution in [2.75, 3.05) is 7.11 Å². The highest BCUT2D eigenvalue weighted by Crippen LogP contribution is 2.28. The minimum atomic E-state index is -0.261. The van der Waals surface area contributed by atoms with Gasteiger partial charge < -0.3 is 9.30 Å². The van der Waals surface area contributed by atoms with Crippen LogP contribution in [-0.4, -0.2) is 11.7 Å². The van der Waals surface area contributed by atoms with Gasteiger partial charge in [0.25, 0.3) is 0 Å². The van der Waals surface area contributed by atoms with Gasteiger partial charge in [0.1, 0.15) is 11.6 Å². The normalized spacial score (nSPS) is 11.7. The number of ether oxygens (including phenoxy) is 1. The van der Waals surface area contributed by atoms with E-state index in [1.165, 1.54) is 34.4 Å². The van der Waals surface area contributed by atoms with Crippen molar-refractivity contribution in [1.82, 2.24) is 4.57 Å². The first kappa shape index (κ1) is 21.1. The Labute approximate surface area is 186 Å². The van der Waals surface area contributed by atoms with Crippen molar-refractivity contribution < 1.29 is 9.13 Å². The molecule has 1 heterocycles. The summed E-state index contributed by atoms with van der Waals surface area (Å²) in [5.74, 6) is 0.572. The highest BCUT2D eigenvalue weighted by atomic mass is 32.1. The molecule has 0 aliphatic rings. The Morgan fingerprint density at radius 3 is 2.26 bits per heavy atom. The highest BCUT2D eigenvalue weighted by Gasteiger charge is 2.13. The molecule has 3 aromatic carbocycles. The summed E-state index contributed by atoms with van der Waals surface area (Å²) in [5.41, 5.74) is 8.00. The van der Waals surface area contributed by atoms with Crippen molar-refractivity contribution in [2.45, 2.75) is 27.3 Å². The van der Waals surface area contributed by atoms with Crippen molar-refractivity contribution in [3.05, 3.63) is 98.9 Å². The number of thiazole rings is 1. The minimum Gasteiger partial charge on any atom is -0.497 e. The summed E-state index contributed by atoms with van der Waals surface area (Å²) in [7, 11) is 1.67. The molecular formula is C26H25FN2OS. The van der Waals surface area contributed by atoms with Crippen LogP contribution in [0.15, 0.2) is 71.0 Å². The lowest BCUT2D eigenvalue weighted by atomic mass is 9.99. The number of aryl methyl sites for hydroxylation is 3. The van der Waals surface area contributed by atoms with Gasteiger partial charge in [-0.3, -0.25) is 0 Å². The minimum absolute atomic E-state index is 0.261. The van der Waals surface area contributed by atoms with Gasteiger partial charge in [-0.1, -0.05) is 18.2 Å². The van der Waals surface area contributed by atoms with Crippen molar-refractivity contribution in [1.29, 1.82) is 0 Å². The van der Waals surface area contributed by atoms with E-state index in [1.54, 1.807) is 30.6 Å². The Balaban J connectivity index is 1.86. The van der Waals surface area contributed by atoms with Gasteiger partial charge in [-0.05, 0) is 85.5 Å². The summed E-state index contributed by atoms with van der Waals surface area (Å²) >= 11 is 1.59. The third kappa shape index (κ3) is 4.62. The maximum Gasteiger partial charge on any atom is 0.190 e. The average Bonchev–Trinajstić information content (AvgIpc) is 3.14. The second-order valence-electron chi connectivity index (χ2n) is 7.68. The van der Waals surface area contributed by atoms with E-state index in [0.29, 0.717) is 6.54 Å². The molecule has 0 N–H and O–H groups in total. The summed E-state index contributed by atoms with van der Waals surface area (Å²) in [6.07, 6.45) is 0. The fourth-order valence-corrected chi connectivity index (χ4v) is 4.48. The lowest BCUT2D eigenvalue weighted by Gasteiger charge is -2.14. The number of nitrogens with zero attached hydrogens (tertiary/aromatic N) is 2. The first-order valence-electron chi connectivity index (χ1n) is 10.1. The zero-order valence-electron chi connectivity index (χ0n) is 18.1. The largest absolute Gasteiger partial charge is 0.497 e. The van der Waals surface area contributed by atoms with Gasteiger partial charge in [-0.2, -0.15) is 0 Å². The Morgan fingerprint density at radius 1 is 0.903 bits per heavy atom. The molecular weight excluding hydrogens is 407 g/mol. The summed E-state index contributed by atoms with van der Waals surface area (Å²) in [6, 6.07) is 18.9. The number of benzene rings is 3. The van der Waals surface area contributed by atoms with E-state index in [4.69, 9.17) is 9.73 Å². The third-order valence-corrected chi connectivity index (χ3v) is 6.33. The van der Waals surface area contributed by atoms with E-state index < -0.39 is 0 Å². The van der Waals surface area contributed by atoms with Crippen LogP contribution in [0.4, 0.5) is 10.1 Å². The maximum atomic E-state index is 13.3. The van der Waals surface area contributed by atoms with Crippen LogP contribution in [0.2, 0.25) is 0 Å². The van der Waals surface area contributed by atoms with E-state index >= 15 is 0 Å². The monoisotopic (exact) mass is 432 g/mol. The topological polar surface area (TPSA) is 26.5 Å². The van der Waals surface area contributed by atoms with Gasteiger partial charge in [0, 0.05) is 10.9 Å². The molecule has 0 aliphatic heterocycles. The fraction of sp³-hybridized carbons (Fsp3) is 0.192. The van der Waals surface area contributed by atoms with Crippen LogP contribution in [-0.2, 0) is 6.54 Å². The molecule has 0 unspecified atom stereocenters. The Kier molecular flexibility index (Phi) is 6.05. The Hall–Kier alpha value is -3.18. The van der Waals surface area contributed by atoms with Crippen molar-refractivity contribution in [3.8, 4) is 17.0 Å². The van der Waals surface area contributed by atoms with Crippen LogP contribution in [0.25, 0.3) is 11.3 Å². The average molecular weight is 433 g/mol. The van der Waals surface area contributed by atoms with Gasteiger partial charge in [-0.15, -0.1) is 11.3 Å². The molecule has 0 aliphatic carbocycles. The highest BCUT2D eigenvalue weighted by molar-refractivity contribution is 7.07. The van der Waals surface area contributed by atoms with Crippen molar-refractivity contribution in [3.63, 3.8) is 0 Å². The van der Waals surface area contributed by atoms with E-state index in [2.05, 4.69) is 55.0 Å². The van der Waals surface area contributed by atoms with Gasteiger partial charge in [-0.25, -0.2) is 9.38 Å². The van der Waals surface area contributed by atoms with E-state index in [9.17, 15) is 4.39 Å². The summed E-state index contributed by atoms with van der Waals surface area (Å²) in [6.45, 7) is 7.10. The number of halogens is 1. The molecule has 31 heavy (non-hydrogen) atoms. The number of hydrogen-bond donors (Lipinski definition) is 0. The summed E-state index contributed by atoms with van der Waals surface area (Å²) in [4.78, 5) is 5.69. The number of rotatable bonds is 5. The number of methoxy groups -OCH3 is 1. The maximum absolute atomic E-state index is 13.3. The van der Waals surface area contributed by atoms with E-state index in [-0.39, 0.29) is 5.82 Å².